The smallest absolute Gasteiger partial charge is 0.0792 e. The van der Waals surface area contributed by atoms with Gasteiger partial charge in [-0.05, 0) is 20.3 Å². The summed E-state index contributed by atoms with van der Waals surface area (Å²) >= 11 is 0. The van der Waals surface area contributed by atoms with Crippen molar-refractivity contribution in [2.45, 2.75) is 38.4 Å². The van der Waals surface area contributed by atoms with Gasteiger partial charge in [0, 0.05) is 19.5 Å². The highest BCUT2D eigenvalue weighted by Gasteiger charge is 2.30. The van der Waals surface area contributed by atoms with Crippen molar-refractivity contribution in [1.82, 2.24) is 5.32 Å². The fourth-order valence-corrected chi connectivity index (χ4v) is 1.58. The minimum atomic E-state index is -0.132. The van der Waals surface area contributed by atoms with Crippen LogP contribution in [-0.2, 0) is 4.74 Å². The van der Waals surface area contributed by atoms with Gasteiger partial charge >= 0.3 is 0 Å². The molecule has 1 N–H and O–H groups in total. The highest BCUT2D eigenvalue weighted by molar-refractivity contribution is 4.87. The second kappa shape index (κ2) is 3.88. The van der Waals surface area contributed by atoms with Crippen LogP contribution >= 0.6 is 0 Å². The van der Waals surface area contributed by atoms with Crippen molar-refractivity contribution in [2.24, 2.45) is 0 Å². The number of nitriles is 1. The Morgan fingerprint density at radius 3 is 3.08 bits per heavy atom. The standard InChI is InChI=1S/C9H16N2O/c1-8-6-11-7-9(2,12-8)4-3-5-10/h8,11H,3-4,6-7H2,1-2H3. The number of nitrogens with one attached hydrogen (secondary N) is 1. The summed E-state index contributed by atoms with van der Waals surface area (Å²) in [6, 6.07) is 2.15. The molecule has 2 atom stereocenters. The van der Waals surface area contributed by atoms with Gasteiger partial charge in [-0.25, -0.2) is 0 Å². The Kier molecular flexibility index (Phi) is 3.07. The first-order valence-corrected chi connectivity index (χ1v) is 4.42. The molecule has 0 aromatic carbocycles. The Labute approximate surface area is 73.7 Å². The zero-order valence-corrected chi connectivity index (χ0v) is 7.76. The average Bonchev–Trinajstić information content (AvgIpc) is 2.01. The van der Waals surface area contributed by atoms with Crippen LogP contribution in [0.5, 0.6) is 0 Å². The van der Waals surface area contributed by atoms with Gasteiger partial charge in [-0.2, -0.15) is 5.26 Å². The third-order valence-electron chi connectivity index (χ3n) is 2.18. The highest BCUT2D eigenvalue weighted by Crippen LogP contribution is 2.21. The summed E-state index contributed by atoms with van der Waals surface area (Å²) in [4.78, 5) is 0. The van der Waals surface area contributed by atoms with Crippen molar-refractivity contribution < 1.29 is 4.74 Å². The fourth-order valence-electron chi connectivity index (χ4n) is 1.58. The van der Waals surface area contributed by atoms with Gasteiger partial charge in [0.2, 0.25) is 0 Å². The molecule has 3 nitrogen and oxygen atoms in total. The molecule has 68 valence electrons. The van der Waals surface area contributed by atoms with Crippen LogP contribution in [0.15, 0.2) is 0 Å². The number of morpholine rings is 1. The molecule has 0 aromatic rings. The number of hydrogen-bond acceptors (Lipinski definition) is 3. The van der Waals surface area contributed by atoms with Crippen molar-refractivity contribution >= 4 is 0 Å². The van der Waals surface area contributed by atoms with Gasteiger partial charge in [0.15, 0.2) is 0 Å². The van der Waals surface area contributed by atoms with E-state index in [1.54, 1.807) is 0 Å². The largest absolute Gasteiger partial charge is 0.370 e. The van der Waals surface area contributed by atoms with Crippen molar-refractivity contribution in [3.63, 3.8) is 0 Å². The van der Waals surface area contributed by atoms with Crippen LogP contribution < -0.4 is 5.32 Å². The Hall–Kier alpha value is -0.590. The molecule has 0 aliphatic carbocycles. The van der Waals surface area contributed by atoms with E-state index in [0.717, 1.165) is 19.5 Å². The maximum absolute atomic E-state index is 8.45. The van der Waals surface area contributed by atoms with Crippen molar-refractivity contribution in [1.29, 1.82) is 5.26 Å². The molecule has 1 aliphatic rings. The van der Waals surface area contributed by atoms with E-state index in [0.29, 0.717) is 6.42 Å². The molecule has 3 heteroatoms. The van der Waals surface area contributed by atoms with Crippen molar-refractivity contribution in [3.8, 4) is 6.07 Å². The molecular weight excluding hydrogens is 152 g/mol. The van der Waals surface area contributed by atoms with Crippen molar-refractivity contribution in [2.75, 3.05) is 13.1 Å². The lowest BCUT2D eigenvalue weighted by Crippen LogP contribution is -2.51. The van der Waals surface area contributed by atoms with E-state index in [2.05, 4.69) is 25.2 Å². The summed E-state index contributed by atoms with van der Waals surface area (Å²) < 4.78 is 5.76. The van der Waals surface area contributed by atoms with Gasteiger partial charge in [-0.1, -0.05) is 0 Å². The molecule has 1 fully saturated rings. The van der Waals surface area contributed by atoms with E-state index in [-0.39, 0.29) is 11.7 Å². The third-order valence-corrected chi connectivity index (χ3v) is 2.18. The van der Waals surface area contributed by atoms with E-state index in [1.165, 1.54) is 0 Å². The SMILES string of the molecule is CC1CNCC(C)(CCC#N)O1. The number of ether oxygens (including phenoxy) is 1. The molecule has 0 saturated carbocycles. The molecule has 0 bridgehead atoms. The second-order valence-corrected chi connectivity index (χ2v) is 3.67. The molecule has 2 unspecified atom stereocenters. The molecule has 0 spiro atoms. The topological polar surface area (TPSA) is 45.0 Å². The van der Waals surface area contributed by atoms with Gasteiger partial charge in [0.25, 0.3) is 0 Å². The average molecular weight is 168 g/mol. The van der Waals surface area contributed by atoms with Gasteiger partial charge in [0.1, 0.15) is 0 Å². The van der Waals surface area contributed by atoms with Gasteiger partial charge in [-0.15, -0.1) is 0 Å². The molecule has 1 aliphatic heterocycles. The maximum Gasteiger partial charge on any atom is 0.0792 e. The molecular formula is C9H16N2O. The van der Waals surface area contributed by atoms with Crippen molar-refractivity contribution in [3.05, 3.63) is 0 Å². The first-order chi connectivity index (χ1) is 5.66. The summed E-state index contributed by atoms with van der Waals surface area (Å²) in [7, 11) is 0. The van der Waals surface area contributed by atoms with Crippen LogP contribution in [0.25, 0.3) is 0 Å². The summed E-state index contributed by atoms with van der Waals surface area (Å²) in [5, 5.41) is 11.8. The Morgan fingerprint density at radius 1 is 1.75 bits per heavy atom. The van der Waals surface area contributed by atoms with E-state index in [4.69, 9.17) is 10.00 Å². The van der Waals surface area contributed by atoms with E-state index in [1.807, 2.05) is 0 Å². The van der Waals surface area contributed by atoms with Crippen LogP contribution in [0.3, 0.4) is 0 Å². The Bertz CT molecular complexity index is 187. The normalized spacial score (nSPS) is 35.9. The second-order valence-electron chi connectivity index (χ2n) is 3.67. The number of hydrogen-bond donors (Lipinski definition) is 1. The van der Waals surface area contributed by atoms with Crippen LogP contribution in [0.4, 0.5) is 0 Å². The minimum Gasteiger partial charge on any atom is -0.370 e. The van der Waals surface area contributed by atoms with Gasteiger partial charge in [0.05, 0.1) is 17.8 Å². The fraction of sp³-hybridized carbons (Fsp3) is 0.889. The number of nitrogens with zero attached hydrogens (tertiary/aromatic N) is 1. The first-order valence-electron chi connectivity index (χ1n) is 4.42. The Morgan fingerprint density at radius 2 is 2.50 bits per heavy atom. The molecule has 1 rings (SSSR count). The monoisotopic (exact) mass is 168 g/mol. The molecule has 0 aromatic heterocycles. The van der Waals surface area contributed by atoms with Crippen LogP contribution in [0, 0.1) is 11.3 Å². The molecule has 12 heavy (non-hydrogen) atoms. The van der Waals surface area contributed by atoms with Gasteiger partial charge in [-0.3, -0.25) is 0 Å². The van der Waals surface area contributed by atoms with Gasteiger partial charge < -0.3 is 10.1 Å². The molecule has 1 saturated heterocycles. The highest BCUT2D eigenvalue weighted by atomic mass is 16.5. The first kappa shape index (κ1) is 9.50. The van der Waals surface area contributed by atoms with E-state index >= 15 is 0 Å². The zero-order valence-electron chi connectivity index (χ0n) is 7.76. The third kappa shape index (κ3) is 2.47. The molecule has 1 heterocycles. The number of rotatable bonds is 2. The Balaban J connectivity index is 2.41. The summed E-state index contributed by atoms with van der Waals surface area (Å²) in [5.74, 6) is 0. The summed E-state index contributed by atoms with van der Waals surface area (Å²) in [6.07, 6.45) is 1.66. The zero-order chi connectivity index (χ0) is 9.03. The molecule has 0 radical (unpaired) electrons. The summed E-state index contributed by atoms with van der Waals surface area (Å²) in [6.45, 7) is 5.89. The summed E-state index contributed by atoms with van der Waals surface area (Å²) in [5.41, 5.74) is -0.132. The van der Waals surface area contributed by atoms with Crippen LogP contribution in [0.1, 0.15) is 26.7 Å². The maximum atomic E-state index is 8.45. The predicted octanol–water partition coefficient (Wildman–Crippen LogP) is 1.06. The quantitative estimate of drug-likeness (QED) is 0.670. The lowest BCUT2D eigenvalue weighted by Gasteiger charge is -2.37. The van der Waals surface area contributed by atoms with E-state index in [9.17, 15) is 0 Å². The minimum absolute atomic E-state index is 0.132. The lowest BCUT2D eigenvalue weighted by atomic mass is 9.98. The van der Waals surface area contributed by atoms with Crippen LogP contribution in [0.2, 0.25) is 0 Å². The molecule has 0 amide bonds. The van der Waals surface area contributed by atoms with Crippen LogP contribution in [-0.4, -0.2) is 24.8 Å². The lowest BCUT2D eigenvalue weighted by molar-refractivity contribution is -0.101. The predicted molar refractivity (Wildman–Crippen MR) is 46.7 cm³/mol. The van der Waals surface area contributed by atoms with E-state index < -0.39 is 0 Å².